The summed E-state index contributed by atoms with van der Waals surface area (Å²) in [5, 5.41) is 6.61. The fraction of sp³-hybridized carbons (Fsp3) is 0.105. The molecule has 0 fully saturated rings. The second kappa shape index (κ2) is 7.89. The summed E-state index contributed by atoms with van der Waals surface area (Å²) in [6.07, 6.45) is 0. The molecule has 27 heavy (non-hydrogen) atoms. The molecule has 3 rings (SSSR count). The first-order chi connectivity index (χ1) is 12.9. The monoisotopic (exact) mass is 404 g/mol. The third-order valence-corrected chi connectivity index (χ3v) is 6.01. The van der Waals surface area contributed by atoms with Crippen LogP contribution in [0.5, 0.6) is 0 Å². The van der Waals surface area contributed by atoms with E-state index in [1.54, 1.807) is 13.0 Å². The van der Waals surface area contributed by atoms with Gasteiger partial charge in [0.25, 0.3) is 15.9 Å². The van der Waals surface area contributed by atoms with Crippen LogP contribution in [0, 0.1) is 12.7 Å². The molecule has 5 nitrogen and oxygen atoms in total. The molecule has 0 unspecified atom stereocenters. The number of para-hydroxylation sites is 1. The number of hydrogen-bond donors (Lipinski definition) is 2. The topological polar surface area (TPSA) is 75.3 Å². The molecule has 0 atom stereocenters. The lowest BCUT2D eigenvalue weighted by Gasteiger charge is -2.12. The number of amides is 1. The zero-order valence-corrected chi connectivity index (χ0v) is 16.0. The van der Waals surface area contributed by atoms with Crippen molar-refractivity contribution >= 4 is 33.0 Å². The third kappa shape index (κ3) is 4.53. The molecular weight excluding hydrogens is 387 g/mol. The van der Waals surface area contributed by atoms with Gasteiger partial charge in [-0.25, -0.2) is 12.8 Å². The number of carbonyl (C=O) groups excluding carboxylic acids is 1. The second-order valence-corrected chi connectivity index (χ2v) is 8.34. The minimum Gasteiger partial charge on any atom is -0.348 e. The lowest BCUT2D eigenvalue weighted by Crippen LogP contribution is -2.24. The summed E-state index contributed by atoms with van der Waals surface area (Å²) in [6, 6.07) is 11.6. The smallest absolute Gasteiger partial charge is 0.262 e. The number of aryl methyl sites for hydroxylation is 1. The molecule has 8 heteroatoms. The molecular formula is C19H17FN2O3S2. The molecule has 1 heterocycles. The van der Waals surface area contributed by atoms with Gasteiger partial charge in [-0.3, -0.25) is 9.52 Å². The standard InChI is InChI=1S/C19H17FN2O3S2/c1-13-6-7-15(27(24,25)22-18-5-3-2-4-17(18)20)10-16(13)19(23)21-11-14-8-9-26-12-14/h2-10,12,22H,11H2,1H3,(H,21,23). The minimum absolute atomic E-state index is 0.114. The van der Waals surface area contributed by atoms with Crippen LogP contribution in [0.4, 0.5) is 10.1 Å². The van der Waals surface area contributed by atoms with E-state index in [1.807, 2.05) is 16.8 Å². The Morgan fingerprint density at radius 2 is 1.93 bits per heavy atom. The fourth-order valence-electron chi connectivity index (χ4n) is 2.43. The van der Waals surface area contributed by atoms with Gasteiger partial charge in [0.15, 0.2) is 0 Å². The Kier molecular flexibility index (Phi) is 5.57. The van der Waals surface area contributed by atoms with Crippen molar-refractivity contribution in [2.24, 2.45) is 0 Å². The van der Waals surface area contributed by atoms with Gasteiger partial charge in [0.1, 0.15) is 5.82 Å². The van der Waals surface area contributed by atoms with Crippen molar-refractivity contribution in [3.63, 3.8) is 0 Å². The van der Waals surface area contributed by atoms with E-state index >= 15 is 0 Å². The Morgan fingerprint density at radius 3 is 2.63 bits per heavy atom. The average molecular weight is 404 g/mol. The molecule has 0 spiro atoms. The molecule has 2 N–H and O–H groups in total. The van der Waals surface area contributed by atoms with Crippen molar-refractivity contribution in [1.82, 2.24) is 5.32 Å². The lowest BCUT2D eigenvalue weighted by molar-refractivity contribution is 0.0950. The van der Waals surface area contributed by atoms with Crippen molar-refractivity contribution in [3.8, 4) is 0 Å². The van der Waals surface area contributed by atoms with Gasteiger partial charge in [0.2, 0.25) is 0 Å². The van der Waals surface area contributed by atoms with Crippen LogP contribution in [0.2, 0.25) is 0 Å². The quantitative estimate of drug-likeness (QED) is 0.654. The number of hydrogen-bond acceptors (Lipinski definition) is 4. The second-order valence-electron chi connectivity index (χ2n) is 5.88. The van der Waals surface area contributed by atoms with Crippen LogP contribution in [0.15, 0.2) is 64.2 Å². The van der Waals surface area contributed by atoms with Crippen molar-refractivity contribution < 1.29 is 17.6 Å². The fourth-order valence-corrected chi connectivity index (χ4v) is 4.19. The van der Waals surface area contributed by atoms with Gasteiger partial charge in [-0.05, 0) is 59.1 Å². The van der Waals surface area contributed by atoms with Crippen molar-refractivity contribution in [2.45, 2.75) is 18.4 Å². The SMILES string of the molecule is Cc1ccc(S(=O)(=O)Nc2ccccc2F)cc1C(=O)NCc1ccsc1. The van der Waals surface area contributed by atoms with E-state index in [9.17, 15) is 17.6 Å². The zero-order chi connectivity index (χ0) is 19.4. The number of anilines is 1. The maximum atomic E-state index is 13.8. The zero-order valence-electron chi connectivity index (χ0n) is 14.4. The van der Waals surface area contributed by atoms with Crippen molar-refractivity contribution in [1.29, 1.82) is 0 Å². The highest BCUT2D eigenvalue weighted by molar-refractivity contribution is 7.92. The van der Waals surface area contributed by atoms with E-state index in [0.29, 0.717) is 12.1 Å². The predicted octanol–water partition coefficient (Wildman–Crippen LogP) is 3.93. The molecule has 1 aromatic heterocycles. The van der Waals surface area contributed by atoms with Crippen LogP contribution in [0.25, 0.3) is 0 Å². The number of halogens is 1. The molecule has 0 aliphatic carbocycles. The Balaban J connectivity index is 1.83. The summed E-state index contributed by atoms with van der Waals surface area (Å²) in [5.74, 6) is -1.05. The number of carbonyl (C=O) groups is 1. The maximum Gasteiger partial charge on any atom is 0.262 e. The van der Waals surface area contributed by atoms with Gasteiger partial charge < -0.3 is 5.32 Å². The Morgan fingerprint density at radius 1 is 1.15 bits per heavy atom. The Bertz CT molecular complexity index is 1060. The summed E-state index contributed by atoms with van der Waals surface area (Å²) in [4.78, 5) is 12.4. The molecule has 140 valence electrons. The van der Waals surface area contributed by atoms with Crippen LogP contribution >= 0.6 is 11.3 Å². The van der Waals surface area contributed by atoms with Crippen LogP contribution in [-0.2, 0) is 16.6 Å². The minimum atomic E-state index is -4.04. The number of sulfonamides is 1. The molecule has 0 aliphatic rings. The first-order valence-electron chi connectivity index (χ1n) is 8.04. The Labute approximate surface area is 160 Å². The molecule has 0 saturated heterocycles. The largest absolute Gasteiger partial charge is 0.348 e. The first kappa shape index (κ1) is 19.1. The van der Waals surface area contributed by atoms with Crippen LogP contribution < -0.4 is 10.0 Å². The first-order valence-corrected chi connectivity index (χ1v) is 10.5. The van der Waals surface area contributed by atoms with Crippen LogP contribution in [0.3, 0.4) is 0 Å². The summed E-state index contributed by atoms with van der Waals surface area (Å²) in [6.45, 7) is 2.08. The van der Waals surface area contributed by atoms with E-state index in [-0.39, 0.29) is 22.1 Å². The van der Waals surface area contributed by atoms with E-state index in [2.05, 4.69) is 10.0 Å². The molecule has 1 amide bonds. The van der Waals surface area contributed by atoms with Gasteiger partial charge in [0, 0.05) is 12.1 Å². The lowest BCUT2D eigenvalue weighted by atomic mass is 10.1. The molecule has 0 radical (unpaired) electrons. The predicted molar refractivity (Wildman–Crippen MR) is 104 cm³/mol. The number of thiophene rings is 1. The summed E-state index contributed by atoms with van der Waals surface area (Å²) >= 11 is 1.53. The van der Waals surface area contributed by atoms with Crippen molar-refractivity contribution in [2.75, 3.05) is 4.72 Å². The van der Waals surface area contributed by atoms with Crippen LogP contribution in [0.1, 0.15) is 21.5 Å². The van der Waals surface area contributed by atoms with Gasteiger partial charge in [0.05, 0.1) is 10.6 Å². The van der Waals surface area contributed by atoms with Crippen LogP contribution in [-0.4, -0.2) is 14.3 Å². The number of benzene rings is 2. The average Bonchev–Trinajstić information content (AvgIpc) is 3.15. The highest BCUT2D eigenvalue weighted by atomic mass is 32.2. The molecule has 0 bridgehead atoms. The summed E-state index contributed by atoms with van der Waals surface area (Å²) < 4.78 is 41.1. The maximum absolute atomic E-state index is 13.8. The van der Waals surface area contributed by atoms with Gasteiger partial charge in [-0.15, -0.1) is 0 Å². The van der Waals surface area contributed by atoms with E-state index in [4.69, 9.17) is 0 Å². The summed E-state index contributed by atoms with van der Waals surface area (Å²) in [5.41, 5.74) is 1.71. The number of rotatable bonds is 6. The van der Waals surface area contributed by atoms with E-state index < -0.39 is 15.8 Å². The molecule has 0 aliphatic heterocycles. The van der Waals surface area contributed by atoms with E-state index in [0.717, 1.165) is 11.6 Å². The van der Waals surface area contributed by atoms with Crippen molar-refractivity contribution in [3.05, 3.63) is 81.8 Å². The number of nitrogens with one attached hydrogen (secondary N) is 2. The normalized spacial score (nSPS) is 11.2. The van der Waals surface area contributed by atoms with Gasteiger partial charge >= 0.3 is 0 Å². The highest BCUT2D eigenvalue weighted by Crippen LogP contribution is 2.21. The molecule has 0 saturated carbocycles. The summed E-state index contributed by atoms with van der Waals surface area (Å²) in [7, 11) is -4.04. The third-order valence-electron chi connectivity index (χ3n) is 3.92. The highest BCUT2D eigenvalue weighted by Gasteiger charge is 2.19. The molecule has 2 aromatic carbocycles. The van der Waals surface area contributed by atoms with E-state index in [1.165, 1.54) is 41.7 Å². The van der Waals surface area contributed by atoms with Gasteiger partial charge in [-0.2, -0.15) is 11.3 Å². The Hall–Kier alpha value is -2.71. The van der Waals surface area contributed by atoms with Gasteiger partial charge in [-0.1, -0.05) is 18.2 Å². The molecule has 3 aromatic rings.